The predicted molar refractivity (Wildman–Crippen MR) is 120 cm³/mol. The fourth-order valence-corrected chi connectivity index (χ4v) is 4.27. The SMILES string of the molecule is Cc1cccc(COC2CCCC(OCc3nc(-c4cccc(F)c4)oc3C)C2)c1C(=O)O. The lowest BCUT2D eigenvalue weighted by molar-refractivity contribution is -0.0564. The normalized spacial score (nSPS) is 18.4. The van der Waals surface area contributed by atoms with Gasteiger partial charge in [0.2, 0.25) is 5.89 Å². The number of carboxylic acids is 1. The summed E-state index contributed by atoms with van der Waals surface area (Å²) in [7, 11) is 0. The number of carbonyl (C=O) groups is 1. The maximum absolute atomic E-state index is 13.5. The minimum Gasteiger partial charge on any atom is -0.478 e. The lowest BCUT2D eigenvalue weighted by atomic mass is 9.94. The Morgan fingerprint density at radius 2 is 1.85 bits per heavy atom. The molecule has 2 atom stereocenters. The molecule has 1 heterocycles. The number of rotatable bonds is 8. The average Bonchev–Trinajstić information content (AvgIpc) is 3.17. The number of aromatic nitrogens is 1. The van der Waals surface area contributed by atoms with E-state index in [0.29, 0.717) is 40.6 Å². The number of nitrogens with zero attached hydrogens (tertiary/aromatic N) is 1. The molecule has 0 saturated heterocycles. The van der Waals surface area contributed by atoms with Gasteiger partial charge in [0.15, 0.2) is 0 Å². The number of hydrogen-bond acceptors (Lipinski definition) is 5. The Morgan fingerprint density at radius 1 is 1.12 bits per heavy atom. The van der Waals surface area contributed by atoms with Gasteiger partial charge in [-0.2, -0.15) is 0 Å². The number of carboxylic acid groups (broad SMARTS) is 1. The first-order valence-electron chi connectivity index (χ1n) is 11.2. The number of aryl methyl sites for hydroxylation is 2. The maximum atomic E-state index is 13.5. The van der Waals surface area contributed by atoms with E-state index in [1.807, 2.05) is 13.0 Å². The summed E-state index contributed by atoms with van der Waals surface area (Å²) in [5.74, 6) is -0.242. The lowest BCUT2D eigenvalue weighted by Crippen LogP contribution is -2.28. The fourth-order valence-electron chi connectivity index (χ4n) is 4.27. The van der Waals surface area contributed by atoms with Crippen LogP contribution in [0.5, 0.6) is 0 Å². The summed E-state index contributed by atoms with van der Waals surface area (Å²) in [5.41, 5.74) is 3.02. The second kappa shape index (κ2) is 10.3. The summed E-state index contributed by atoms with van der Waals surface area (Å²) < 4.78 is 31.4. The predicted octanol–water partition coefficient (Wildman–Crippen LogP) is 5.84. The van der Waals surface area contributed by atoms with Gasteiger partial charge in [0.25, 0.3) is 0 Å². The summed E-state index contributed by atoms with van der Waals surface area (Å²) in [6.45, 7) is 4.19. The van der Waals surface area contributed by atoms with E-state index in [4.69, 9.17) is 13.9 Å². The minimum absolute atomic E-state index is 0.00664. The van der Waals surface area contributed by atoms with Crippen molar-refractivity contribution in [3.63, 3.8) is 0 Å². The molecule has 0 aliphatic heterocycles. The second-order valence-electron chi connectivity index (χ2n) is 8.48. The zero-order valence-corrected chi connectivity index (χ0v) is 18.8. The van der Waals surface area contributed by atoms with Crippen molar-refractivity contribution < 1.29 is 28.2 Å². The van der Waals surface area contributed by atoms with E-state index in [1.54, 1.807) is 31.2 Å². The van der Waals surface area contributed by atoms with Crippen molar-refractivity contribution in [2.24, 2.45) is 0 Å². The van der Waals surface area contributed by atoms with Gasteiger partial charge in [-0.3, -0.25) is 0 Å². The number of oxazole rings is 1. The highest BCUT2D eigenvalue weighted by molar-refractivity contribution is 5.91. The fraction of sp³-hybridized carbons (Fsp3) is 0.385. The summed E-state index contributed by atoms with van der Waals surface area (Å²) >= 11 is 0. The van der Waals surface area contributed by atoms with E-state index in [9.17, 15) is 14.3 Å². The largest absolute Gasteiger partial charge is 0.478 e. The third-order valence-electron chi connectivity index (χ3n) is 6.05. The molecule has 3 aromatic rings. The molecule has 0 amide bonds. The van der Waals surface area contributed by atoms with Crippen LogP contribution in [-0.4, -0.2) is 28.3 Å². The molecule has 4 rings (SSSR count). The summed E-state index contributed by atoms with van der Waals surface area (Å²) in [4.78, 5) is 16.1. The van der Waals surface area contributed by atoms with E-state index in [1.165, 1.54) is 12.1 Å². The smallest absolute Gasteiger partial charge is 0.336 e. The van der Waals surface area contributed by atoms with Crippen LogP contribution in [0.1, 0.15) is 58.6 Å². The standard InChI is InChI=1S/C26H28FNO5/c1-16-6-3-8-19(24(16)26(29)30)14-31-21-10-5-11-22(13-21)32-15-23-17(2)33-25(28-23)18-7-4-9-20(27)12-18/h3-4,6-9,12,21-22H,5,10-11,13-15H2,1-2H3,(H,29,30). The molecule has 2 aromatic carbocycles. The third-order valence-corrected chi connectivity index (χ3v) is 6.05. The Kier molecular flexibility index (Phi) is 7.20. The highest BCUT2D eigenvalue weighted by Crippen LogP contribution is 2.28. The Bertz CT molecular complexity index is 1130. The van der Waals surface area contributed by atoms with Crippen LogP contribution >= 0.6 is 0 Å². The van der Waals surface area contributed by atoms with Crippen molar-refractivity contribution in [3.8, 4) is 11.5 Å². The number of hydrogen-bond donors (Lipinski definition) is 1. The molecule has 1 aliphatic rings. The van der Waals surface area contributed by atoms with Crippen molar-refractivity contribution in [2.75, 3.05) is 0 Å². The van der Waals surface area contributed by atoms with Gasteiger partial charge in [0.05, 0.1) is 31.0 Å². The molecule has 7 heteroatoms. The van der Waals surface area contributed by atoms with Crippen molar-refractivity contribution in [1.29, 1.82) is 0 Å². The number of benzene rings is 2. The van der Waals surface area contributed by atoms with E-state index >= 15 is 0 Å². The van der Waals surface area contributed by atoms with Crippen LogP contribution in [0.15, 0.2) is 46.9 Å². The van der Waals surface area contributed by atoms with Gasteiger partial charge in [-0.15, -0.1) is 0 Å². The van der Waals surface area contributed by atoms with Gasteiger partial charge in [0, 0.05) is 5.56 Å². The molecule has 33 heavy (non-hydrogen) atoms. The van der Waals surface area contributed by atoms with Gasteiger partial charge >= 0.3 is 5.97 Å². The molecule has 0 bridgehead atoms. The number of aromatic carboxylic acids is 1. The molecular formula is C26H28FNO5. The van der Waals surface area contributed by atoms with E-state index in [-0.39, 0.29) is 24.6 Å². The van der Waals surface area contributed by atoms with Crippen molar-refractivity contribution in [2.45, 2.75) is 65.0 Å². The molecule has 0 radical (unpaired) electrons. The third kappa shape index (κ3) is 5.67. The van der Waals surface area contributed by atoms with Crippen LogP contribution in [0.2, 0.25) is 0 Å². The van der Waals surface area contributed by atoms with E-state index in [0.717, 1.165) is 31.2 Å². The van der Waals surface area contributed by atoms with Gasteiger partial charge in [0.1, 0.15) is 17.3 Å². The topological polar surface area (TPSA) is 81.8 Å². The zero-order valence-electron chi connectivity index (χ0n) is 18.8. The van der Waals surface area contributed by atoms with Crippen molar-refractivity contribution >= 4 is 5.97 Å². The number of halogens is 1. The monoisotopic (exact) mass is 453 g/mol. The summed E-state index contributed by atoms with van der Waals surface area (Å²) in [6.07, 6.45) is 3.59. The molecule has 1 N–H and O–H groups in total. The first-order chi connectivity index (χ1) is 15.9. The second-order valence-corrected chi connectivity index (χ2v) is 8.48. The number of ether oxygens (including phenoxy) is 2. The maximum Gasteiger partial charge on any atom is 0.336 e. The van der Waals surface area contributed by atoms with Crippen LogP contribution in [0.3, 0.4) is 0 Å². The Hall–Kier alpha value is -3.03. The van der Waals surface area contributed by atoms with Gasteiger partial charge < -0.3 is 19.0 Å². The van der Waals surface area contributed by atoms with Crippen molar-refractivity contribution in [1.82, 2.24) is 4.98 Å². The molecule has 1 saturated carbocycles. The van der Waals surface area contributed by atoms with Crippen LogP contribution < -0.4 is 0 Å². The highest BCUT2D eigenvalue weighted by Gasteiger charge is 2.25. The van der Waals surface area contributed by atoms with Crippen LogP contribution in [0, 0.1) is 19.7 Å². The molecule has 6 nitrogen and oxygen atoms in total. The van der Waals surface area contributed by atoms with Gasteiger partial charge in [-0.1, -0.05) is 24.3 Å². The first kappa shape index (κ1) is 23.1. The molecule has 0 spiro atoms. The molecule has 1 fully saturated rings. The molecule has 1 aliphatic carbocycles. The Morgan fingerprint density at radius 3 is 2.58 bits per heavy atom. The lowest BCUT2D eigenvalue weighted by Gasteiger charge is -2.29. The highest BCUT2D eigenvalue weighted by atomic mass is 19.1. The minimum atomic E-state index is -0.933. The van der Waals surface area contributed by atoms with Gasteiger partial charge in [-0.25, -0.2) is 14.2 Å². The van der Waals surface area contributed by atoms with Crippen LogP contribution in [0.25, 0.3) is 11.5 Å². The Labute approximate surface area is 192 Å². The van der Waals surface area contributed by atoms with E-state index in [2.05, 4.69) is 4.98 Å². The first-order valence-corrected chi connectivity index (χ1v) is 11.2. The molecule has 2 unspecified atom stereocenters. The van der Waals surface area contributed by atoms with E-state index < -0.39 is 5.97 Å². The quantitative estimate of drug-likeness (QED) is 0.461. The van der Waals surface area contributed by atoms with Crippen LogP contribution in [-0.2, 0) is 22.7 Å². The van der Waals surface area contributed by atoms with Gasteiger partial charge in [-0.05, 0) is 68.9 Å². The molecule has 174 valence electrons. The zero-order chi connectivity index (χ0) is 23.4. The molecule has 1 aromatic heterocycles. The summed E-state index contributed by atoms with van der Waals surface area (Å²) in [5, 5.41) is 9.51. The van der Waals surface area contributed by atoms with Crippen LogP contribution in [0.4, 0.5) is 4.39 Å². The Balaban J connectivity index is 1.33. The summed E-state index contributed by atoms with van der Waals surface area (Å²) in [6, 6.07) is 11.6. The van der Waals surface area contributed by atoms with Crippen molar-refractivity contribution in [3.05, 3.63) is 76.4 Å². The molecular weight excluding hydrogens is 425 g/mol. The average molecular weight is 454 g/mol.